The summed E-state index contributed by atoms with van der Waals surface area (Å²) in [5.41, 5.74) is 2.10. The van der Waals surface area contributed by atoms with Crippen molar-refractivity contribution in [3.8, 4) is 17.2 Å². The summed E-state index contributed by atoms with van der Waals surface area (Å²) in [4.78, 5) is 12.3. The van der Waals surface area contributed by atoms with E-state index in [4.69, 9.17) is 14.2 Å². The number of para-hydroxylation sites is 1. The van der Waals surface area contributed by atoms with E-state index in [0.717, 1.165) is 41.2 Å². The predicted molar refractivity (Wildman–Crippen MR) is 107 cm³/mol. The van der Waals surface area contributed by atoms with E-state index < -0.39 is 0 Å². The predicted octanol–water partition coefficient (Wildman–Crippen LogP) is 4.03. The molecule has 0 bridgehead atoms. The van der Waals surface area contributed by atoms with Crippen LogP contribution in [0.15, 0.2) is 42.5 Å². The first-order valence-corrected chi connectivity index (χ1v) is 10.2. The second-order valence-electron chi connectivity index (χ2n) is 7.39. The molecule has 0 atom stereocenters. The largest absolute Gasteiger partial charge is 0.490 e. The molecule has 148 valence electrons. The molecule has 0 saturated heterocycles. The fraction of sp³-hybridized carbons (Fsp3) is 0.435. The van der Waals surface area contributed by atoms with E-state index >= 15 is 0 Å². The Labute approximate surface area is 166 Å². The van der Waals surface area contributed by atoms with Crippen LogP contribution < -0.4 is 19.5 Å². The molecule has 1 aliphatic heterocycles. The highest BCUT2D eigenvalue weighted by molar-refractivity contribution is 5.76. The zero-order valence-electron chi connectivity index (χ0n) is 16.1. The molecule has 2 aromatic rings. The third-order valence-corrected chi connectivity index (χ3v) is 5.29. The molecule has 28 heavy (non-hydrogen) atoms. The van der Waals surface area contributed by atoms with Gasteiger partial charge in [0.15, 0.2) is 11.5 Å². The van der Waals surface area contributed by atoms with Crippen LogP contribution >= 0.6 is 0 Å². The first-order valence-electron chi connectivity index (χ1n) is 10.2. The zero-order chi connectivity index (χ0) is 19.2. The maximum Gasteiger partial charge on any atom is 0.220 e. The van der Waals surface area contributed by atoms with Crippen LogP contribution in [0.2, 0.25) is 0 Å². The van der Waals surface area contributed by atoms with Crippen molar-refractivity contribution in [3.63, 3.8) is 0 Å². The molecule has 1 fully saturated rings. The van der Waals surface area contributed by atoms with E-state index in [2.05, 4.69) is 5.32 Å². The minimum Gasteiger partial charge on any atom is -0.490 e. The van der Waals surface area contributed by atoms with E-state index in [0.29, 0.717) is 38.7 Å². The fourth-order valence-corrected chi connectivity index (χ4v) is 3.73. The topological polar surface area (TPSA) is 56.8 Å². The van der Waals surface area contributed by atoms with Gasteiger partial charge in [0.2, 0.25) is 5.91 Å². The monoisotopic (exact) mass is 381 g/mol. The number of nitrogens with one attached hydrogen (secondary N) is 1. The quantitative estimate of drug-likeness (QED) is 0.787. The van der Waals surface area contributed by atoms with Gasteiger partial charge in [-0.2, -0.15) is 0 Å². The molecule has 2 aromatic carbocycles. The number of aryl methyl sites for hydroxylation is 1. The van der Waals surface area contributed by atoms with Gasteiger partial charge in [0.25, 0.3) is 0 Å². The van der Waals surface area contributed by atoms with Crippen molar-refractivity contribution >= 4 is 5.91 Å². The van der Waals surface area contributed by atoms with Gasteiger partial charge in [0.1, 0.15) is 19.0 Å². The van der Waals surface area contributed by atoms with Crippen molar-refractivity contribution < 1.29 is 19.0 Å². The minimum absolute atomic E-state index is 0.0329. The van der Waals surface area contributed by atoms with E-state index in [1.54, 1.807) is 0 Å². The Bertz CT molecular complexity index is 814. The lowest BCUT2D eigenvalue weighted by Crippen LogP contribution is -2.24. The number of rotatable bonds is 7. The summed E-state index contributed by atoms with van der Waals surface area (Å²) in [5, 5.41) is 3.02. The molecule has 1 aliphatic carbocycles. The summed E-state index contributed by atoms with van der Waals surface area (Å²) in [6.07, 6.45) is 6.14. The van der Waals surface area contributed by atoms with Crippen molar-refractivity contribution in [2.24, 2.45) is 0 Å². The molecule has 4 rings (SSSR count). The van der Waals surface area contributed by atoms with Crippen LogP contribution in [-0.2, 0) is 17.8 Å². The Morgan fingerprint density at radius 2 is 1.82 bits per heavy atom. The molecular weight excluding hydrogens is 354 g/mol. The molecule has 1 amide bonds. The van der Waals surface area contributed by atoms with Gasteiger partial charge in [0.05, 0.1) is 6.10 Å². The summed E-state index contributed by atoms with van der Waals surface area (Å²) in [7, 11) is 0. The van der Waals surface area contributed by atoms with Gasteiger partial charge < -0.3 is 19.5 Å². The highest BCUT2D eigenvalue weighted by Gasteiger charge is 2.18. The Morgan fingerprint density at radius 1 is 1.04 bits per heavy atom. The van der Waals surface area contributed by atoms with Crippen LogP contribution in [0.3, 0.4) is 0 Å². The third-order valence-electron chi connectivity index (χ3n) is 5.29. The Balaban J connectivity index is 1.28. The molecule has 2 aliphatic rings. The summed E-state index contributed by atoms with van der Waals surface area (Å²) in [6.45, 7) is 1.64. The number of amides is 1. The minimum atomic E-state index is 0.0329. The summed E-state index contributed by atoms with van der Waals surface area (Å²) < 4.78 is 17.3. The average molecular weight is 381 g/mol. The molecular formula is C23H27NO4. The first kappa shape index (κ1) is 18.7. The lowest BCUT2D eigenvalue weighted by molar-refractivity contribution is -0.121. The second kappa shape index (κ2) is 9.00. The fourth-order valence-electron chi connectivity index (χ4n) is 3.73. The van der Waals surface area contributed by atoms with Crippen molar-refractivity contribution in [2.75, 3.05) is 13.2 Å². The lowest BCUT2D eigenvalue weighted by Gasteiger charge is -2.19. The van der Waals surface area contributed by atoms with E-state index in [1.165, 1.54) is 12.8 Å². The Kier molecular flexibility index (Phi) is 6.00. The van der Waals surface area contributed by atoms with Crippen LogP contribution in [0.25, 0.3) is 0 Å². The van der Waals surface area contributed by atoms with Gasteiger partial charge in [-0.15, -0.1) is 0 Å². The molecule has 0 aromatic heterocycles. The standard InChI is InChI=1S/C23H27NO4/c25-23(12-10-17-9-11-21-22(15-17)27-14-13-26-21)24-16-18-5-1-4-8-20(18)28-19-6-2-3-7-19/h1,4-5,8-9,11,15,19H,2-3,6-7,10,12-14,16H2,(H,24,25). The van der Waals surface area contributed by atoms with Gasteiger partial charge in [0, 0.05) is 18.5 Å². The highest BCUT2D eigenvalue weighted by atomic mass is 16.6. The molecule has 1 heterocycles. The Morgan fingerprint density at radius 3 is 2.68 bits per heavy atom. The second-order valence-corrected chi connectivity index (χ2v) is 7.39. The number of hydrogen-bond donors (Lipinski definition) is 1. The van der Waals surface area contributed by atoms with Crippen LogP contribution in [0, 0.1) is 0 Å². The van der Waals surface area contributed by atoms with Crippen molar-refractivity contribution in [1.82, 2.24) is 5.32 Å². The van der Waals surface area contributed by atoms with Gasteiger partial charge in [-0.05, 0) is 55.9 Å². The molecule has 1 N–H and O–H groups in total. The normalized spacial score (nSPS) is 16.0. The van der Waals surface area contributed by atoms with Gasteiger partial charge in [-0.25, -0.2) is 0 Å². The van der Waals surface area contributed by atoms with Crippen LogP contribution in [0.1, 0.15) is 43.2 Å². The summed E-state index contributed by atoms with van der Waals surface area (Å²) in [6, 6.07) is 13.9. The van der Waals surface area contributed by atoms with Crippen molar-refractivity contribution in [1.29, 1.82) is 0 Å². The number of ether oxygens (including phenoxy) is 3. The molecule has 5 nitrogen and oxygen atoms in total. The number of hydrogen-bond acceptors (Lipinski definition) is 4. The SMILES string of the molecule is O=C(CCc1ccc2c(c1)OCCO2)NCc1ccccc1OC1CCCC1. The number of carbonyl (C=O) groups excluding carboxylic acids is 1. The van der Waals surface area contributed by atoms with E-state index in [1.807, 2.05) is 42.5 Å². The molecule has 0 radical (unpaired) electrons. The van der Waals surface area contributed by atoms with Crippen LogP contribution in [-0.4, -0.2) is 25.2 Å². The first-order chi connectivity index (χ1) is 13.8. The summed E-state index contributed by atoms with van der Waals surface area (Å²) in [5.74, 6) is 2.47. The van der Waals surface area contributed by atoms with Gasteiger partial charge in [-0.1, -0.05) is 24.3 Å². The molecule has 0 unspecified atom stereocenters. The van der Waals surface area contributed by atoms with Gasteiger partial charge in [-0.3, -0.25) is 4.79 Å². The maximum absolute atomic E-state index is 12.3. The summed E-state index contributed by atoms with van der Waals surface area (Å²) >= 11 is 0. The third kappa shape index (κ3) is 4.77. The number of carbonyl (C=O) groups is 1. The van der Waals surface area contributed by atoms with Crippen molar-refractivity contribution in [2.45, 2.75) is 51.2 Å². The molecule has 5 heteroatoms. The lowest BCUT2D eigenvalue weighted by atomic mass is 10.1. The maximum atomic E-state index is 12.3. The number of fused-ring (bicyclic) bond motifs is 1. The Hall–Kier alpha value is -2.69. The highest BCUT2D eigenvalue weighted by Crippen LogP contribution is 2.31. The smallest absolute Gasteiger partial charge is 0.220 e. The van der Waals surface area contributed by atoms with Crippen LogP contribution in [0.5, 0.6) is 17.2 Å². The van der Waals surface area contributed by atoms with Crippen LogP contribution in [0.4, 0.5) is 0 Å². The van der Waals surface area contributed by atoms with Gasteiger partial charge >= 0.3 is 0 Å². The molecule has 1 saturated carbocycles. The average Bonchev–Trinajstić information content (AvgIpc) is 3.24. The zero-order valence-corrected chi connectivity index (χ0v) is 16.1. The number of benzene rings is 2. The van der Waals surface area contributed by atoms with Crippen molar-refractivity contribution in [3.05, 3.63) is 53.6 Å². The van der Waals surface area contributed by atoms with E-state index in [-0.39, 0.29) is 5.91 Å². The molecule has 0 spiro atoms. The van der Waals surface area contributed by atoms with E-state index in [9.17, 15) is 4.79 Å².